The van der Waals surface area contributed by atoms with Crippen LogP contribution in [0.2, 0.25) is 0 Å². The van der Waals surface area contributed by atoms with Crippen molar-refractivity contribution in [2.45, 2.75) is 12.5 Å². The second kappa shape index (κ2) is 4.82. The molecule has 102 valence electrons. The molecule has 2 aliphatic rings. The maximum Gasteiger partial charge on any atom is 0.245 e. The zero-order valence-electron chi connectivity index (χ0n) is 10.6. The van der Waals surface area contributed by atoms with Crippen molar-refractivity contribution in [3.05, 3.63) is 23.8 Å². The lowest BCUT2D eigenvalue weighted by molar-refractivity contribution is 0.208. The molecule has 2 atom stereocenters. The molecule has 1 saturated heterocycles. The highest BCUT2D eigenvalue weighted by atomic mass is 32.2. The molecule has 1 unspecified atom stereocenters. The Hall–Kier alpha value is -1.60. The predicted octanol–water partition coefficient (Wildman–Crippen LogP) is 0.479. The molecule has 0 saturated carbocycles. The van der Waals surface area contributed by atoms with E-state index in [9.17, 15) is 4.21 Å². The molecular formula is C12H16N4O2S. The van der Waals surface area contributed by atoms with Gasteiger partial charge in [0.05, 0.1) is 11.3 Å². The Morgan fingerprint density at radius 3 is 3.16 bits per heavy atom. The summed E-state index contributed by atoms with van der Waals surface area (Å²) < 4.78 is 24.0. The van der Waals surface area contributed by atoms with Gasteiger partial charge in [-0.25, -0.2) is 4.21 Å². The molecule has 3 rings (SSSR count). The van der Waals surface area contributed by atoms with Crippen LogP contribution in [0.3, 0.4) is 0 Å². The van der Waals surface area contributed by atoms with E-state index in [1.165, 1.54) is 0 Å². The minimum atomic E-state index is -1.50. The van der Waals surface area contributed by atoms with Gasteiger partial charge in [-0.2, -0.15) is 4.40 Å². The number of nitrogens with two attached hydrogens (primary N) is 1. The van der Waals surface area contributed by atoms with Gasteiger partial charge in [0.2, 0.25) is 11.2 Å². The number of likely N-dealkylation sites (tertiary alicyclic amines) is 1. The molecule has 0 aromatic heterocycles. The van der Waals surface area contributed by atoms with Gasteiger partial charge in [-0.05, 0) is 25.6 Å². The third-order valence-corrected chi connectivity index (χ3v) is 4.06. The number of fused-ring (bicyclic) bond motifs is 1. The minimum absolute atomic E-state index is 0.164. The molecule has 1 fully saturated rings. The summed E-state index contributed by atoms with van der Waals surface area (Å²) in [4.78, 5) is 2.23. The Morgan fingerprint density at radius 2 is 2.42 bits per heavy atom. The van der Waals surface area contributed by atoms with Crippen molar-refractivity contribution in [1.29, 1.82) is 0 Å². The van der Waals surface area contributed by atoms with Crippen molar-refractivity contribution in [1.82, 2.24) is 4.90 Å². The highest BCUT2D eigenvalue weighted by Crippen LogP contribution is 2.31. The third-order valence-electron chi connectivity index (χ3n) is 3.30. The van der Waals surface area contributed by atoms with E-state index in [1.807, 2.05) is 18.2 Å². The van der Waals surface area contributed by atoms with E-state index in [0.29, 0.717) is 17.0 Å². The van der Waals surface area contributed by atoms with E-state index in [2.05, 4.69) is 21.1 Å². The molecule has 3 N–H and O–H groups in total. The van der Waals surface area contributed by atoms with E-state index in [-0.39, 0.29) is 11.9 Å². The van der Waals surface area contributed by atoms with Crippen LogP contribution in [0.5, 0.6) is 5.75 Å². The van der Waals surface area contributed by atoms with Crippen molar-refractivity contribution in [2.75, 3.05) is 24.9 Å². The lowest BCUT2D eigenvalue weighted by Gasteiger charge is -2.21. The van der Waals surface area contributed by atoms with Crippen molar-refractivity contribution in [3.8, 4) is 5.75 Å². The number of ether oxygens (including phenoxy) is 1. The van der Waals surface area contributed by atoms with Crippen LogP contribution in [0.25, 0.3) is 0 Å². The summed E-state index contributed by atoms with van der Waals surface area (Å²) in [7, 11) is 2.07. The number of likely N-dealkylation sites (N-methyl/N-ethyl adjacent to an activating group) is 1. The number of nitrogens with one attached hydrogen (secondary N) is 1. The van der Waals surface area contributed by atoms with E-state index >= 15 is 0 Å². The summed E-state index contributed by atoms with van der Waals surface area (Å²) in [6.45, 7) is 1.94. The summed E-state index contributed by atoms with van der Waals surface area (Å²) in [6, 6.07) is 5.55. The van der Waals surface area contributed by atoms with Crippen molar-refractivity contribution >= 4 is 22.7 Å². The van der Waals surface area contributed by atoms with Crippen molar-refractivity contribution in [2.24, 2.45) is 10.1 Å². The van der Waals surface area contributed by atoms with Gasteiger partial charge in [-0.3, -0.25) is 4.72 Å². The van der Waals surface area contributed by atoms with Crippen LogP contribution in [0, 0.1) is 0 Å². The highest BCUT2D eigenvalue weighted by molar-refractivity contribution is 7.85. The molecule has 6 nitrogen and oxygen atoms in total. The van der Waals surface area contributed by atoms with Crippen LogP contribution in [-0.2, 0) is 11.2 Å². The monoisotopic (exact) mass is 280 g/mol. The molecule has 0 bridgehead atoms. The molecule has 2 heterocycles. The summed E-state index contributed by atoms with van der Waals surface area (Å²) in [6.07, 6.45) is 1.16. The van der Waals surface area contributed by atoms with E-state index < -0.39 is 11.2 Å². The second-order valence-corrected chi connectivity index (χ2v) is 5.68. The van der Waals surface area contributed by atoms with Crippen LogP contribution < -0.4 is 15.2 Å². The molecule has 7 heteroatoms. The summed E-state index contributed by atoms with van der Waals surface area (Å²) >= 11 is -1.50. The zero-order valence-corrected chi connectivity index (χ0v) is 11.4. The van der Waals surface area contributed by atoms with E-state index in [4.69, 9.17) is 10.5 Å². The average Bonchev–Trinajstić information content (AvgIpc) is 2.74. The Kier molecular flexibility index (Phi) is 3.16. The van der Waals surface area contributed by atoms with Gasteiger partial charge < -0.3 is 15.4 Å². The first-order valence-corrected chi connectivity index (χ1v) is 7.25. The SMILES string of the molecule is CN1CC[C@@H](Oc2cccc3c2C(N)=NS(=O)N3)C1. The first-order valence-electron chi connectivity index (χ1n) is 6.15. The molecule has 1 aromatic carbocycles. The lowest BCUT2D eigenvalue weighted by Crippen LogP contribution is -2.26. The van der Waals surface area contributed by atoms with Gasteiger partial charge in [-0.15, -0.1) is 0 Å². The standard InChI is InChI=1S/C12H16N4O2S/c1-16-6-5-8(7-16)18-10-4-2-3-9-11(10)12(13)15-19(17)14-9/h2-4,8,14H,5-7H2,1H3,(H2,13,15)/t8-,19?/m1/s1. The Bertz CT molecular complexity index is 561. The number of rotatable bonds is 2. The fourth-order valence-corrected chi connectivity index (χ4v) is 3.07. The number of amidine groups is 1. The normalized spacial score (nSPS) is 26.5. The van der Waals surface area contributed by atoms with Crippen molar-refractivity contribution in [3.63, 3.8) is 0 Å². The first-order chi connectivity index (χ1) is 9.13. The van der Waals surface area contributed by atoms with Gasteiger partial charge in [0.25, 0.3) is 0 Å². The molecule has 2 aliphatic heterocycles. The van der Waals surface area contributed by atoms with Crippen LogP contribution in [-0.4, -0.2) is 41.2 Å². The molecule has 19 heavy (non-hydrogen) atoms. The van der Waals surface area contributed by atoms with E-state index in [0.717, 1.165) is 19.5 Å². The lowest BCUT2D eigenvalue weighted by atomic mass is 10.1. The van der Waals surface area contributed by atoms with Crippen LogP contribution in [0.1, 0.15) is 12.0 Å². The number of hydrogen-bond acceptors (Lipinski definition) is 4. The van der Waals surface area contributed by atoms with Crippen LogP contribution in [0.15, 0.2) is 22.6 Å². The van der Waals surface area contributed by atoms with Gasteiger partial charge in [0.1, 0.15) is 17.7 Å². The van der Waals surface area contributed by atoms with Gasteiger partial charge >= 0.3 is 0 Å². The quantitative estimate of drug-likeness (QED) is 0.825. The summed E-state index contributed by atoms with van der Waals surface area (Å²) in [5.41, 5.74) is 7.27. The van der Waals surface area contributed by atoms with Gasteiger partial charge in [0.15, 0.2) is 0 Å². The van der Waals surface area contributed by atoms with Crippen molar-refractivity contribution < 1.29 is 8.95 Å². The van der Waals surface area contributed by atoms with Gasteiger partial charge in [0, 0.05) is 13.1 Å². The average molecular weight is 280 g/mol. The number of hydrogen-bond donors (Lipinski definition) is 2. The number of benzene rings is 1. The Balaban J connectivity index is 1.90. The zero-order chi connectivity index (χ0) is 13.4. The molecule has 0 spiro atoms. The smallest absolute Gasteiger partial charge is 0.245 e. The first kappa shape index (κ1) is 12.4. The maximum absolute atomic E-state index is 11.4. The largest absolute Gasteiger partial charge is 0.488 e. The minimum Gasteiger partial charge on any atom is -0.488 e. The summed E-state index contributed by atoms with van der Waals surface area (Å²) in [5.74, 6) is 0.956. The van der Waals surface area contributed by atoms with E-state index in [1.54, 1.807) is 0 Å². The molecular weight excluding hydrogens is 264 g/mol. The fourth-order valence-electron chi connectivity index (χ4n) is 2.40. The third kappa shape index (κ3) is 2.43. The van der Waals surface area contributed by atoms with Crippen LogP contribution in [0.4, 0.5) is 5.69 Å². The highest BCUT2D eigenvalue weighted by Gasteiger charge is 2.25. The topological polar surface area (TPSA) is 80.0 Å². The molecule has 1 aromatic rings. The Morgan fingerprint density at radius 1 is 1.58 bits per heavy atom. The molecule has 0 aliphatic carbocycles. The predicted molar refractivity (Wildman–Crippen MR) is 75.5 cm³/mol. The summed E-state index contributed by atoms with van der Waals surface area (Å²) in [5, 5.41) is 0. The van der Waals surface area contributed by atoms with Gasteiger partial charge in [-0.1, -0.05) is 6.07 Å². The molecule has 0 radical (unpaired) electrons. The Labute approximate surface area is 114 Å². The second-order valence-electron chi connectivity index (χ2n) is 4.80. The number of nitrogens with zero attached hydrogens (tertiary/aromatic N) is 2. The van der Waals surface area contributed by atoms with Crippen LogP contribution >= 0.6 is 0 Å². The molecule has 0 amide bonds. The number of anilines is 1. The maximum atomic E-state index is 11.4. The fraction of sp³-hybridized carbons (Fsp3) is 0.417.